The molecule has 0 heterocycles. The molecular weight excluding hydrogens is 198 g/mol. The maximum absolute atomic E-state index is 5.65. The molecule has 0 bridgehead atoms. The number of benzene rings is 1. The van der Waals surface area contributed by atoms with Crippen molar-refractivity contribution in [2.45, 2.75) is 32.9 Å². The summed E-state index contributed by atoms with van der Waals surface area (Å²) in [5, 5.41) is 3.32. The van der Waals surface area contributed by atoms with E-state index < -0.39 is 0 Å². The van der Waals surface area contributed by atoms with Gasteiger partial charge in [0.05, 0.1) is 6.61 Å². The highest BCUT2D eigenvalue weighted by Crippen LogP contribution is 2.29. The highest BCUT2D eigenvalue weighted by molar-refractivity contribution is 5.21. The van der Waals surface area contributed by atoms with Crippen LogP contribution < -0.4 is 5.32 Å². The predicted octanol–water partition coefficient (Wildman–Crippen LogP) is 2.72. The fraction of sp³-hybridized carbons (Fsp3) is 0.571. The Bertz CT molecular complexity index is 303. The fourth-order valence-corrected chi connectivity index (χ4v) is 1.65. The van der Waals surface area contributed by atoms with Crippen molar-refractivity contribution in [3.63, 3.8) is 0 Å². The molecule has 1 aliphatic rings. The molecule has 0 spiro atoms. The lowest BCUT2D eigenvalue weighted by Gasteiger charge is -2.05. The zero-order valence-electron chi connectivity index (χ0n) is 10.0. The average molecular weight is 219 g/mol. The van der Waals surface area contributed by atoms with E-state index in [4.69, 9.17) is 4.74 Å². The molecule has 0 amide bonds. The lowest BCUT2D eigenvalue weighted by Crippen LogP contribution is -2.11. The molecule has 1 fully saturated rings. The first kappa shape index (κ1) is 11.6. The Balaban J connectivity index is 1.72. The third-order valence-electron chi connectivity index (χ3n) is 2.92. The van der Waals surface area contributed by atoms with Crippen molar-refractivity contribution in [2.24, 2.45) is 5.92 Å². The summed E-state index contributed by atoms with van der Waals surface area (Å²) in [4.78, 5) is 0. The van der Waals surface area contributed by atoms with Gasteiger partial charge in [0.25, 0.3) is 0 Å². The molecule has 0 atom stereocenters. The lowest BCUT2D eigenvalue weighted by molar-refractivity contribution is 0.111. The Morgan fingerprint density at radius 3 is 2.50 bits per heavy atom. The minimum absolute atomic E-state index is 0.762. The topological polar surface area (TPSA) is 21.3 Å². The SMILES string of the molecule is CCNCc1ccc(COCC2CC2)cc1. The normalized spacial score (nSPS) is 15.3. The molecule has 2 heteroatoms. The first-order chi connectivity index (χ1) is 7.88. The van der Waals surface area contributed by atoms with Gasteiger partial charge in [-0.05, 0) is 36.4 Å². The van der Waals surface area contributed by atoms with Crippen LogP contribution in [-0.2, 0) is 17.9 Å². The van der Waals surface area contributed by atoms with E-state index in [-0.39, 0.29) is 0 Å². The van der Waals surface area contributed by atoms with Crippen LogP contribution in [0.1, 0.15) is 30.9 Å². The summed E-state index contributed by atoms with van der Waals surface area (Å²) in [5.74, 6) is 0.855. The van der Waals surface area contributed by atoms with Crippen LogP contribution >= 0.6 is 0 Å². The summed E-state index contributed by atoms with van der Waals surface area (Å²) in [6.07, 6.45) is 2.73. The van der Waals surface area contributed by atoms with Gasteiger partial charge in [-0.25, -0.2) is 0 Å². The monoisotopic (exact) mass is 219 g/mol. The molecule has 1 aromatic rings. The molecule has 1 aliphatic carbocycles. The Labute approximate surface area is 98.0 Å². The lowest BCUT2D eigenvalue weighted by atomic mass is 10.1. The van der Waals surface area contributed by atoms with Gasteiger partial charge in [-0.3, -0.25) is 0 Å². The molecule has 88 valence electrons. The van der Waals surface area contributed by atoms with Crippen LogP contribution in [0.5, 0.6) is 0 Å². The highest BCUT2D eigenvalue weighted by Gasteiger charge is 2.20. The van der Waals surface area contributed by atoms with Crippen LogP contribution in [0.4, 0.5) is 0 Å². The quantitative estimate of drug-likeness (QED) is 0.761. The van der Waals surface area contributed by atoms with E-state index in [1.165, 1.54) is 24.0 Å². The third-order valence-corrected chi connectivity index (χ3v) is 2.92. The zero-order valence-corrected chi connectivity index (χ0v) is 10.0. The summed E-state index contributed by atoms with van der Waals surface area (Å²) in [6, 6.07) is 8.69. The van der Waals surface area contributed by atoms with Gasteiger partial charge in [-0.2, -0.15) is 0 Å². The van der Waals surface area contributed by atoms with Crippen molar-refractivity contribution < 1.29 is 4.74 Å². The van der Waals surface area contributed by atoms with Crippen molar-refractivity contribution in [3.05, 3.63) is 35.4 Å². The fourth-order valence-electron chi connectivity index (χ4n) is 1.65. The third kappa shape index (κ3) is 3.95. The van der Waals surface area contributed by atoms with E-state index in [9.17, 15) is 0 Å². The predicted molar refractivity (Wildman–Crippen MR) is 66.2 cm³/mol. The van der Waals surface area contributed by atoms with E-state index >= 15 is 0 Å². The second-order valence-electron chi connectivity index (χ2n) is 4.56. The molecule has 16 heavy (non-hydrogen) atoms. The molecule has 0 saturated heterocycles. The van der Waals surface area contributed by atoms with E-state index in [0.29, 0.717) is 0 Å². The van der Waals surface area contributed by atoms with E-state index in [1.54, 1.807) is 0 Å². The van der Waals surface area contributed by atoms with Gasteiger partial charge in [0.1, 0.15) is 0 Å². The molecule has 0 aliphatic heterocycles. The van der Waals surface area contributed by atoms with Crippen LogP contribution in [0.3, 0.4) is 0 Å². The summed E-state index contributed by atoms with van der Waals surface area (Å²) in [6.45, 7) is 5.81. The summed E-state index contributed by atoms with van der Waals surface area (Å²) >= 11 is 0. The van der Waals surface area contributed by atoms with Gasteiger partial charge in [0, 0.05) is 13.2 Å². The molecule has 1 aromatic carbocycles. The van der Waals surface area contributed by atoms with Gasteiger partial charge in [-0.15, -0.1) is 0 Å². The van der Waals surface area contributed by atoms with Crippen molar-refractivity contribution in [1.82, 2.24) is 5.32 Å². The molecule has 1 N–H and O–H groups in total. The van der Waals surface area contributed by atoms with E-state index in [2.05, 4.69) is 36.5 Å². The van der Waals surface area contributed by atoms with Crippen molar-refractivity contribution >= 4 is 0 Å². The molecule has 0 unspecified atom stereocenters. The Hall–Kier alpha value is -0.860. The largest absolute Gasteiger partial charge is 0.376 e. The Morgan fingerprint density at radius 2 is 1.88 bits per heavy atom. The average Bonchev–Trinajstić information content (AvgIpc) is 3.12. The Morgan fingerprint density at radius 1 is 1.19 bits per heavy atom. The van der Waals surface area contributed by atoms with Crippen LogP contribution in [-0.4, -0.2) is 13.2 Å². The minimum Gasteiger partial charge on any atom is -0.376 e. The molecule has 0 radical (unpaired) electrons. The van der Waals surface area contributed by atoms with Crippen LogP contribution in [0.2, 0.25) is 0 Å². The van der Waals surface area contributed by atoms with Gasteiger partial charge >= 0.3 is 0 Å². The van der Waals surface area contributed by atoms with Gasteiger partial charge < -0.3 is 10.1 Å². The second kappa shape index (κ2) is 6.02. The first-order valence-corrected chi connectivity index (χ1v) is 6.24. The molecule has 2 nitrogen and oxygen atoms in total. The molecule has 1 saturated carbocycles. The number of ether oxygens (including phenoxy) is 1. The summed E-state index contributed by atoms with van der Waals surface area (Å²) in [5.41, 5.74) is 2.62. The second-order valence-corrected chi connectivity index (χ2v) is 4.56. The van der Waals surface area contributed by atoms with E-state index in [1.807, 2.05) is 0 Å². The van der Waals surface area contributed by atoms with Gasteiger partial charge in [-0.1, -0.05) is 31.2 Å². The smallest absolute Gasteiger partial charge is 0.0717 e. The maximum atomic E-state index is 5.65. The van der Waals surface area contributed by atoms with Crippen molar-refractivity contribution in [1.29, 1.82) is 0 Å². The highest BCUT2D eigenvalue weighted by atomic mass is 16.5. The van der Waals surface area contributed by atoms with Crippen LogP contribution in [0.25, 0.3) is 0 Å². The first-order valence-electron chi connectivity index (χ1n) is 6.24. The molecule has 0 aromatic heterocycles. The maximum Gasteiger partial charge on any atom is 0.0717 e. The number of nitrogens with one attached hydrogen (secondary N) is 1. The Kier molecular flexibility index (Phi) is 4.37. The zero-order chi connectivity index (χ0) is 11.2. The number of rotatable bonds is 7. The molecule has 2 rings (SSSR count). The van der Waals surface area contributed by atoms with Crippen molar-refractivity contribution in [2.75, 3.05) is 13.2 Å². The number of hydrogen-bond donors (Lipinski definition) is 1. The minimum atomic E-state index is 0.762. The molecular formula is C14H21NO. The van der Waals surface area contributed by atoms with Gasteiger partial charge in [0.2, 0.25) is 0 Å². The van der Waals surface area contributed by atoms with E-state index in [0.717, 1.165) is 32.2 Å². The standard InChI is InChI=1S/C14H21NO/c1-2-15-9-12-3-5-13(6-4-12)10-16-11-14-7-8-14/h3-6,14-15H,2,7-11H2,1H3. The van der Waals surface area contributed by atoms with Crippen LogP contribution in [0.15, 0.2) is 24.3 Å². The van der Waals surface area contributed by atoms with Crippen LogP contribution in [0, 0.1) is 5.92 Å². The summed E-state index contributed by atoms with van der Waals surface area (Å²) in [7, 11) is 0. The number of hydrogen-bond acceptors (Lipinski definition) is 2. The summed E-state index contributed by atoms with van der Waals surface area (Å²) < 4.78 is 5.65. The van der Waals surface area contributed by atoms with Crippen molar-refractivity contribution in [3.8, 4) is 0 Å². The van der Waals surface area contributed by atoms with Gasteiger partial charge in [0.15, 0.2) is 0 Å².